The van der Waals surface area contributed by atoms with Gasteiger partial charge in [0.05, 0.1) is 11.6 Å². The Balaban J connectivity index is 1.86. The van der Waals surface area contributed by atoms with Crippen molar-refractivity contribution in [2.24, 2.45) is 0 Å². The first-order valence-corrected chi connectivity index (χ1v) is 6.48. The molecule has 18 heavy (non-hydrogen) atoms. The van der Waals surface area contributed by atoms with E-state index in [9.17, 15) is 0 Å². The Bertz CT molecular complexity index is 628. The maximum Gasteiger partial charge on any atom is 0.102 e. The first-order valence-electron chi connectivity index (χ1n) is 5.66. The Morgan fingerprint density at radius 3 is 2.78 bits per heavy atom. The minimum absolute atomic E-state index is 0.0321. The predicted molar refractivity (Wildman–Crippen MR) is 72.6 cm³/mol. The third-order valence-corrected chi connectivity index (χ3v) is 3.59. The van der Waals surface area contributed by atoms with Gasteiger partial charge in [0.2, 0.25) is 0 Å². The van der Waals surface area contributed by atoms with Gasteiger partial charge in [-0.25, -0.2) is 4.98 Å². The number of aliphatic hydroxyl groups is 1. The van der Waals surface area contributed by atoms with Crippen molar-refractivity contribution in [1.29, 1.82) is 0 Å². The van der Waals surface area contributed by atoms with Gasteiger partial charge in [-0.05, 0) is 23.8 Å². The van der Waals surface area contributed by atoms with E-state index < -0.39 is 0 Å². The summed E-state index contributed by atoms with van der Waals surface area (Å²) in [6.45, 7) is 0.0321. The standard InChI is InChI=1S/C14H12N2OS/c17-9-10-5-6-13(15-8-10)18-14-7-11-3-1-2-4-12(11)16-14/h1-8,16-17H,9H2. The van der Waals surface area contributed by atoms with E-state index >= 15 is 0 Å². The number of hydrogen-bond donors (Lipinski definition) is 2. The number of H-pyrrole nitrogens is 1. The van der Waals surface area contributed by atoms with Gasteiger partial charge in [0, 0.05) is 17.1 Å². The molecule has 0 aliphatic rings. The maximum atomic E-state index is 8.96. The molecular weight excluding hydrogens is 244 g/mol. The lowest BCUT2D eigenvalue weighted by atomic mass is 10.3. The summed E-state index contributed by atoms with van der Waals surface area (Å²) in [4.78, 5) is 7.64. The zero-order valence-corrected chi connectivity index (χ0v) is 10.4. The van der Waals surface area contributed by atoms with Gasteiger partial charge in [-0.1, -0.05) is 36.0 Å². The van der Waals surface area contributed by atoms with E-state index in [2.05, 4.69) is 28.2 Å². The number of para-hydroxylation sites is 1. The zero-order chi connectivity index (χ0) is 12.4. The van der Waals surface area contributed by atoms with E-state index in [1.54, 1.807) is 18.0 Å². The second kappa shape index (κ2) is 4.84. The molecule has 2 heterocycles. The number of pyridine rings is 1. The highest BCUT2D eigenvalue weighted by Gasteiger charge is 2.03. The molecule has 0 saturated heterocycles. The van der Waals surface area contributed by atoms with Crippen molar-refractivity contribution in [2.45, 2.75) is 16.7 Å². The highest BCUT2D eigenvalue weighted by Crippen LogP contribution is 2.28. The second-order valence-electron chi connectivity index (χ2n) is 3.99. The minimum Gasteiger partial charge on any atom is -0.392 e. The molecule has 0 saturated carbocycles. The van der Waals surface area contributed by atoms with E-state index in [-0.39, 0.29) is 6.61 Å². The molecule has 3 aromatic rings. The van der Waals surface area contributed by atoms with E-state index in [0.29, 0.717) is 0 Å². The average molecular weight is 256 g/mol. The summed E-state index contributed by atoms with van der Waals surface area (Å²) in [7, 11) is 0. The summed E-state index contributed by atoms with van der Waals surface area (Å²) in [5.41, 5.74) is 1.96. The lowest BCUT2D eigenvalue weighted by molar-refractivity contribution is 0.281. The summed E-state index contributed by atoms with van der Waals surface area (Å²) >= 11 is 1.58. The molecule has 0 radical (unpaired) electrons. The Kier molecular flexibility index (Phi) is 3.04. The van der Waals surface area contributed by atoms with Gasteiger partial charge in [0.1, 0.15) is 5.03 Å². The van der Waals surface area contributed by atoms with Gasteiger partial charge in [0.25, 0.3) is 0 Å². The third kappa shape index (κ3) is 2.25. The molecule has 3 nitrogen and oxygen atoms in total. The molecule has 0 fully saturated rings. The lowest BCUT2D eigenvalue weighted by Crippen LogP contribution is -1.85. The molecule has 2 aromatic heterocycles. The number of fused-ring (bicyclic) bond motifs is 1. The minimum atomic E-state index is 0.0321. The van der Waals surface area contributed by atoms with Crippen LogP contribution in [-0.4, -0.2) is 15.1 Å². The average Bonchev–Trinajstić information content (AvgIpc) is 2.82. The van der Waals surface area contributed by atoms with Crippen LogP contribution in [0.1, 0.15) is 5.56 Å². The molecule has 0 bridgehead atoms. The van der Waals surface area contributed by atoms with Crippen LogP contribution in [-0.2, 0) is 6.61 Å². The molecule has 3 rings (SSSR count). The molecule has 90 valence electrons. The first kappa shape index (κ1) is 11.3. The smallest absolute Gasteiger partial charge is 0.102 e. The number of benzene rings is 1. The Morgan fingerprint density at radius 1 is 1.17 bits per heavy atom. The summed E-state index contributed by atoms with van der Waals surface area (Å²) in [5, 5.41) is 12.1. The molecule has 0 aliphatic heterocycles. The Hall–Kier alpha value is -1.78. The molecule has 1 aromatic carbocycles. The van der Waals surface area contributed by atoms with Crippen molar-refractivity contribution in [3.8, 4) is 0 Å². The van der Waals surface area contributed by atoms with Gasteiger partial charge in [-0.2, -0.15) is 0 Å². The summed E-state index contributed by atoms with van der Waals surface area (Å²) in [5.74, 6) is 0. The van der Waals surface area contributed by atoms with Crippen molar-refractivity contribution in [1.82, 2.24) is 9.97 Å². The van der Waals surface area contributed by atoms with Gasteiger partial charge < -0.3 is 10.1 Å². The monoisotopic (exact) mass is 256 g/mol. The van der Waals surface area contributed by atoms with Gasteiger partial charge in [0.15, 0.2) is 0 Å². The third-order valence-electron chi connectivity index (χ3n) is 2.70. The molecule has 0 spiro atoms. The van der Waals surface area contributed by atoms with Crippen molar-refractivity contribution in [3.63, 3.8) is 0 Å². The largest absolute Gasteiger partial charge is 0.392 e. The predicted octanol–water partition coefficient (Wildman–Crippen LogP) is 3.21. The molecule has 0 amide bonds. The van der Waals surface area contributed by atoms with Crippen LogP contribution in [0, 0.1) is 0 Å². The van der Waals surface area contributed by atoms with Crippen LogP contribution in [0.25, 0.3) is 10.9 Å². The first-order chi connectivity index (χ1) is 8.85. The van der Waals surface area contributed by atoms with Crippen molar-refractivity contribution < 1.29 is 5.11 Å². The van der Waals surface area contributed by atoms with Crippen LogP contribution in [0.3, 0.4) is 0 Å². The molecule has 0 atom stereocenters. The van der Waals surface area contributed by atoms with Crippen molar-refractivity contribution in [3.05, 3.63) is 54.2 Å². The van der Waals surface area contributed by atoms with Crippen LogP contribution in [0.15, 0.2) is 58.7 Å². The highest BCUT2D eigenvalue weighted by atomic mass is 32.2. The van der Waals surface area contributed by atoms with Crippen LogP contribution < -0.4 is 0 Å². The quantitative estimate of drug-likeness (QED) is 0.756. The highest BCUT2D eigenvalue weighted by molar-refractivity contribution is 7.99. The topological polar surface area (TPSA) is 48.9 Å². The van der Waals surface area contributed by atoms with Gasteiger partial charge in [-0.3, -0.25) is 0 Å². The summed E-state index contributed by atoms with van der Waals surface area (Å²) in [6, 6.07) is 14.1. The number of aromatic nitrogens is 2. The van der Waals surface area contributed by atoms with Crippen LogP contribution in [0.5, 0.6) is 0 Å². The van der Waals surface area contributed by atoms with E-state index in [1.807, 2.05) is 24.3 Å². The number of nitrogens with one attached hydrogen (secondary N) is 1. The Morgan fingerprint density at radius 2 is 2.06 bits per heavy atom. The van der Waals surface area contributed by atoms with E-state index in [1.165, 1.54) is 5.39 Å². The summed E-state index contributed by atoms with van der Waals surface area (Å²) in [6.07, 6.45) is 1.70. The summed E-state index contributed by atoms with van der Waals surface area (Å²) < 4.78 is 0. The number of hydrogen-bond acceptors (Lipinski definition) is 3. The van der Waals surface area contributed by atoms with E-state index in [0.717, 1.165) is 21.1 Å². The Labute approximate surface area is 109 Å². The molecule has 0 aliphatic carbocycles. The molecular formula is C14H12N2OS. The fourth-order valence-corrected chi connectivity index (χ4v) is 2.59. The lowest BCUT2D eigenvalue weighted by Gasteiger charge is -1.99. The van der Waals surface area contributed by atoms with Crippen LogP contribution in [0.2, 0.25) is 0 Å². The van der Waals surface area contributed by atoms with Crippen LogP contribution in [0.4, 0.5) is 0 Å². The van der Waals surface area contributed by atoms with E-state index in [4.69, 9.17) is 5.11 Å². The second-order valence-corrected chi connectivity index (χ2v) is 5.05. The normalized spacial score (nSPS) is 10.9. The van der Waals surface area contributed by atoms with Crippen LogP contribution >= 0.6 is 11.8 Å². The fourth-order valence-electron chi connectivity index (χ4n) is 1.78. The molecule has 2 N–H and O–H groups in total. The van der Waals surface area contributed by atoms with Gasteiger partial charge >= 0.3 is 0 Å². The van der Waals surface area contributed by atoms with Crippen molar-refractivity contribution >= 4 is 22.7 Å². The number of aromatic amines is 1. The SMILES string of the molecule is OCc1ccc(Sc2cc3ccccc3[nH]2)nc1. The number of rotatable bonds is 3. The molecule has 0 unspecified atom stereocenters. The number of nitrogens with zero attached hydrogens (tertiary/aromatic N) is 1. The van der Waals surface area contributed by atoms with Gasteiger partial charge in [-0.15, -0.1) is 0 Å². The maximum absolute atomic E-state index is 8.96. The zero-order valence-electron chi connectivity index (χ0n) is 9.63. The molecule has 4 heteroatoms. The van der Waals surface area contributed by atoms with Crippen molar-refractivity contribution in [2.75, 3.05) is 0 Å². The number of aliphatic hydroxyl groups excluding tert-OH is 1. The fraction of sp³-hybridized carbons (Fsp3) is 0.0714.